The van der Waals surface area contributed by atoms with Gasteiger partial charge in [0.15, 0.2) is 0 Å². The summed E-state index contributed by atoms with van der Waals surface area (Å²) in [7, 11) is 0. The number of benzene rings is 1. The molecule has 0 bridgehead atoms. The van der Waals surface area contributed by atoms with Gasteiger partial charge in [0.05, 0.1) is 0 Å². The first-order valence-electron chi connectivity index (χ1n) is 5.81. The molecule has 2 atom stereocenters. The van der Waals surface area contributed by atoms with Gasteiger partial charge < -0.3 is 20.5 Å². The number of para-hydroxylation sites is 2. The molecule has 1 heterocycles. The average Bonchev–Trinajstić information content (AvgIpc) is 2.36. The lowest BCUT2D eigenvalue weighted by molar-refractivity contribution is 0.365. The molecule has 1 aromatic rings. The fourth-order valence-corrected chi connectivity index (χ4v) is 2.83. The van der Waals surface area contributed by atoms with Crippen LogP contribution in [0.25, 0.3) is 0 Å². The molecule has 2 unspecified atom stereocenters. The Morgan fingerprint density at radius 3 is 1.75 bits per heavy atom. The van der Waals surface area contributed by atoms with Crippen LogP contribution in [-0.4, -0.2) is 12.1 Å². The third kappa shape index (κ3) is 1.30. The van der Waals surface area contributed by atoms with Gasteiger partial charge in [0.2, 0.25) is 0 Å². The van der Waals surface area contributed by atoms with Gasteiger partial charge in [0, 0.05) is 23.5 Å². The van der Waals surface area contributed by atoms with Crippen LogP contribution in [0.1, 0.15) is 25.7 Å². The van der Waals surface area contributed by atoms with Crippen LogP contribution in [0, 0.1) is 10.4 Å². The first kappa shape index (κ1) is 9.93. The van der Waals surface area contributed by atoms with E-state index in [0.717, 1.165) is 35.8 Å². The van der Waals surface area contributed by atoms with Crippen molar-refractivity contribution in [3.05, 3.63) is 34.7 Å². The Morgan fingerprint density at radius 1 is 0.875 bits per heavy atom. The first-order valence-corrected chi connectivity index (χ1v) is 5.81. The molecule has 2 aliphatic rings. The molecule has 0 N–H and O–H groups in total. The fraction of sp³-hybridized carbons (Fsp3) is 0.500. The Hall–Kier alpha value is -1.26. The molecule has 1 aromatic carbocycles. The van der Waals surface area contributed by atoms with E-state index in [1.165, 1.54) is 0 Å². The lowest BCUT2D eigenvalue weighted by Crippen LogP contribution is -2.53. The van der Waals surface area contributed by atoms with Gasteiger partial charge in [0.1, 0.15) is 0 Å². The van der Waals surface area contributed by atoms with Crippen LogP contribution in [0.5, 0.6) is 0 Å². The predicted molar refractivity (Wildman–Crippen MR) is 64.2 cm³/mol. The Labute approximate surface area is 94.6 Å². The second-order valence-corrected chi connectivity index (χ2v) is 4.56. The van der Waals surface area contributed by atoms with Crippen LogP contribution in [-0.2, 0) is 0 Å². The number of rotatable bonds is 0. The lowest BCUT2D eigenvalue weighted by Gasteiger charge is -2.58. The molecule has 1 aliphatic carbocycles. The molecule has 0 radical (unpaired) electrons. The smallest absolute Gasteiger partial charge is 0.0491 e. The van der Waals surface area contributed by atoms with Crippen LogP contribution in [0.3, 0.4) is 0 Å². The molecule has 3 rings (SSSR count). The summed E-state index contributed by atoms with van der Waals surface area (Å²) in [5.41, 5.74) is 1.06. The zero-order chi connectivity index (χ0) is 11.1. The molecule has 0 amide bonds. The van der Waals surface area contributed by atoms with Gasteiger partial charge in [-0.05, 0) is 25.0 Å². The maximum Gasteiger partial charge on any atom is 0.0491 e. The molecule has 86 valence electrons. The van der Waals surface area contributed by atoms with Crippen molar-refractivity contribution < 1.29 is 0 Å². The molecule has 0 spiro atoms. The molecule has 0 saturated heterocycles. The summed E-state index contributed by atoms with van der Waals surface area (Å²) in [4.78, 5) is 0. The molecule has 16 heavy (non-hydrogen) atoms. The Balaban J connectivity index is 2.05. The summed E-state index contributed by atoms with van der Waals surface area (Å²) in [5.74, 6) is 0. The van der Waals surface area contributed by atoms with Gasteiger partial charge >= 0.3 is 0 Å². The van der Waals surface area contributed by atoms with E-state index in [0.29, 0.717) is 11.4 Å². The third-order valence-corrected chi connectivity index (χ3v) is 3.65. The topological polar surface area (TPSA) is 52.6 Å². The van der Waals surface area contributed by atoms with Crippen molar-refractivity contribution in [2.75, 3.05) is 10.1 Å². The molecule has 1 fully saturated rings. The summed E-state index contributed by atoms with van der Waals surface area (Å²) < 4.78 is 0. The Kier molecular flexibility index (Phi) is 2.26. The van der Waals surface area contributed by atoms with Crippen LogP contribution in [0.15, 0.2) is 24.3 Å². The quantitative estimate of drug-likeness (QED) is 0.671. The summed E-state index contributed by atoms with van der Waals surface area (Å²) in [6, 6.07) is 6.78. The van der Waals surface area contributed by atoms with Crippen molar-refractivity contribution >= 4 is 11.4 Å². The third-order valence-electron chi connectivity index (χ3n) is 3.65. The number of nitrogens with zero attached hydrogens (tertiary/aromatic N) is 2. The zero-order valence-electron chi connectivity index (χ0n) is 9.00. The molecule has 1 saturated carbocycles. The highest BCUT2D eigenvalue weighted by Gasteiger charge is 2.32. The van der Waals surface area contributed by atoms with Crippen LogP contribution in [0.2, 0.25) is 0 Å². The Bertz CT molecular complexity index is 359. The van der Waals surface area contributed by atoms with Crippen molar-refractivity contribution in [3.63, 3.8) is 0 Å². The van der Waals surface area contributed by atoms with E-state index >= 15 is 0 Å². The number of anilines is 2. The van der Waals surface area contributed by atoms with Gasteiger partial charge in [-0.2, -0.15) is 0 Å². The Morgan fingerprint density at radius 2 is 1.31 bits per heavy atom. The second-order valence-electron chi connectivity index (χ2n) is 4.56. The van der Waals surface area contributed by atoms with E-state index in [1.807, 2.05) is 0 Å². The monoisotopic (exact) mass is 218 g/mol. The van der Waals surface area contributed by atoms with Crippen molar-refractivity contribution in [1.29, 1.82) is 0 Å². The minimum atomic E-state index is -0.152. The average molecular weight is 218 g/mol. The zero-order valence-corrected chi connectivity index (χ0v) is 9.00. The van der Waals surface area contributed by atoms with Gasteiger partial charge in [0.25, 0.3) is 0 Å². The van der Waals surface area contributed by atoms with Gasteiger partial charge in [-0.15, -0.1) is 0 Å². The summed E-state index contributed by atoms with van der Waals surface area (Å²) >= 11 is 0. The van der Waals surface area contributed by atoms with Crippen molar-refractivity contribution in [1.82, 2.24) is 0 Å². The first-order chi connectivity index (χ1) is 7.79. The van der Waals surface area contributed by atoms with Crippen molar-refractivity contribution in [2.24, 2.45) is 0 Å². The van der Waals surface area contributed by atoms with Crippen molar-refractivity contribution in [2.45, 2.75) is 37.8 Å². The van der Waals surface area contributed by atoms with Crippen LogP contribution >= 0.6 is 0 Å². The highest BCUT2D eigenvalue weighted by Crippen LogP contribution is 2.41. The van der Waals surface area contributed by atoms with E-state index in [2.05, 4.69) is 0 Å². The number of fused-ring (bicyclic) bond motifs is 2. The van der Waals surface area contributed by atoms with E-state index < -0.39 is 0 Å². The number of hydrogen-bond acceptors (Lipinski definition) is 4. The van der Waals surface area contributed by atoms with E-state index in [9.17, 15) is 10.4 Å². The van der Waals surface area contributed by atoms with Gasteiger partial charge in [-0.25, -0.2) is 0 Å². The van der Waals surface area contributed by atoms with E-state index in [-0.39, 0.29) is 12.1 Å². The summed E-state index contributed by atoms with van der Waals surface area (Å²) in [5, 5.41) is 26.4. The second kappa shape index (κ2) is 3.64. The van der Waals surface area contributed by atoms with Crippen molar-refractivity contribution in [3.8, 4) is 0 Å². The van der Waals surface area contributed by atoms with Gasteiger partial charge in [-0.3, -0.25) is 0 Å². The SMILES string of the molecule is [O-]N1c2ccccc2N([O-])C2CCCCC21. The molecular formula is C12H14N2O2-2. The van der Waals surface area contributed by atoms with Crippen LogP contribution in [0.4, 0.5) is 11.4 Å². The predicted octanol–water partition coefficient (Wildman–Crippen LogP) is 2.62. The van der Waals surface area contributed by atoms with Gasteiger partial charge in [-0.1, -0.05) is 25.0 Å². The largest absolute Gasteiger partial charge is 0.758 e. The molecule has 4 heteroatoms. The van der Waals surface area contributed by atoms with E-state index in [4.69, 9.17) is 0 Å². The molecule has 1 aliphatic heterocycles. The molecular weight excluding hydrogens is 204 g/mol. The lowest BCUT2D eigenvalue weighted by atomic mass is 9.87. The standard InChI is InChI=1S/C12H14N2O2/c15-13-9-5-1-2-6-10(9)14(16)12-8-4-3-7-11(12)13/h1-2,5-6,11-12H,3-4,7-8H2/q-2. The number of hydroxylamine groups is 2. The molecule has 0 aromatic heterocycles. The fourth-order valence-electron chi connectivity index (χ4n) is 2.83. The molecule has 4 nitrogen and oxygen atoms in total. The maximum atomic E-state index is 12.1. The minimum absolute atomic E-state index is 0.152. The van der Waals surface area contributed by atoms with Crippen LogP contribution < -0.4 is 10.1 Å². The minimum Gasteiger partial charge on any atom is -0.758 e. The highest BCUT2D eigenvalue weighted by molar-refractivity contribution is 5.75. The summed E-state index contributed by atoms with van der Waals surface area (Å²) in [6.07, 6.45) is 3.77. The maximum absolute atomic E-state index is 12.1. The highest BCUT2D eigenvalue weighted by atomic mass is 16.5. The number of hydrogen-bond donors (Lipinski definition) is 0. The normalized spacial score (nSPS) is 28.6. The van der Waals surface area contributed by atoms with E-state index in [1.54, 1.807) is 24.3 Å². The summed E-state index contributed by atoms with van der Waals surface area (Å²) in [6.45, 7) is 0.